The Bertz CT molecular complexity index is 493. The van der Waals surface area contributed by atoms with E-state index in [0.717, 1.165) is 25.7 Å². The highest BCUT2D eigenvalue weighted by Crippen LogP contribution is 2.28. The Balaban J connectivity index is 1.89. The molecule has 6 nitrogen and oxygen atoms in total. The zero-order chi connectivity index (χ0) is 14.6. The largest absolute Gasteiger partial charge is 0.481 e. The van der Waals surface area contributed by atoms with Crippen LogP contribution in [-0.2, 0) is 11.2 Å². The maximum atomic E-state index is 11.9. The Kier molecular flexibility index (Phi) is 4.22. The second-order valence-corrected chi connectivity index (χ2v) is 5.46. The SMILES string of the molecule is CC1(NC(=O)Nc2ccc(CC(=O)O)nc2)CCCC1. The average molecular weight is 277 g/mol. The summed E-state index contributed by atoms with van der Waals surface area (Å²) in [6, 6.07) is 3.00. The van der Waals surface area contributed by atoms with Crippen molar-refractivity contribution in [3.63, 3.8) is 0 Å². The molecule has 6 heteroatoms. The topological polar surface area (TPSA) is 91.3 Å². The molecule has 1 aliphatic rings. The van der Waals surface area contributed by atoms with E-state index in [1.165, 1.54) is 6.20 Å². The van der Waals surface area contributed by atoms with Crippen LogP contribution in [0, 0.1) is 0 Å². The number of anilines is 1. The summed E-state index contributed by atoms with van der Waals surface area (Å²) in [7, 11) is 0. The molecule has 0 atom stereocenters. The van der Waals surface area contributed by atoms with Crippen molar-refractivity contribution in [1.82, 2.24) is 10.3 Å². The van der Waals surface area contributed by atoms with E-state index < -0.39 is 5.97 Å². The van der Waals surface area contributed by atoms with Crippen LogP contribution in [0.2, 0.25) is 0 Å². The van der Waals surface area contributed by atoms with Gasteiger partial charge >= 0.3 is 12.0 Å². The fourth-order valence-corrected chi connectivity index (χ4v) is 2.47. The Morgan fingerprint density at radius 1 is 1.35 bits per heavy atom. The number of aliphatic carboxylic acids is 1. The number of carboxylic acid groups (broad SMARTS) is 1. The molecule has 3 N–H and O–H groups in total. The predicted octanol–water partition coefficient (Wildman–Crippen LogP) is 2.16. The van der Waals surface area contributed by atoms with Gasteiger partial charge in [-0.1, -0.05) is 12.8 Å². The highest BCUT2D eigenvalue weighted by Gasteiger charge is 2.30. The zero-order valence-electron chi connectivity index (χ0n) is 11.5. The van der Waals surface area contributed by atoms with Gasteiger partial charge in [-0.3, -0.25) is 9.78 Å². The van der Waals surface area contributed by atoms with Crippen molar-refractivity contribution in [2.24, 2.45) is 0 Å². The third kappa shape index (κ3) is 3.94. The summed E-state index contributed by atoms with van der Waals surface area (Å²) in [5.74, 6) is -0.926. The number of aromatic nitrogens is 1. The molecule has 0 saturated heterocycles. The molecule has 1 heterocycles. The summed E-state index contributed by atoms with van der Waals surface area (Å²) in [6.45, 7) is 2.05. The molecule has 0 bridgehead atoms. The van der Waals surface area contributed by atoms with Crippen molar-refractivity contribution < 1.29 is 14.7 Å². The van der Waals surface area contributed by atoms with Crippen LogP contribution >= 0.6 is 0 Å². The van der Waals surface area contributed by atoms with Crippen molar-refractivity contribution in [2.75, 3.05) is 5.32 Å². The number of carbonyl (C=O) groups is 2. The van der Waals surface area contributed by atoms with Gasteiger partial charge in [0.15, 0.2) is 0 Å². The molecule has 2 amide bonds. The molecule has 1 aromatic heterocycles. The van der Waals surface area contributed by atoms with E-state index in [4.69, 9.17) is 5.11 Å². The van der Waals surface area contributed by atoms with E-state index in [-0.39, 0.29) is 18.0 Å². The minimum absolute atomic E-state index is 0.120. The summed E-state index contributed by atoms with van der Waals surface area (Å²) in [6.07, 6.45) is 5.62. The number of pyridine rings is 1. The Hall–Kier alpha value is -2.11. The Morgan fingerprint density at radius 3 is 2.60 bits per heavy atom. The number of urea groups is 1. The minimum Gasteiger partial charge on any atom is -0.481 e. The quantitative estimate of drug-likeness (QED) is 0.786. The molecule has 0 spiro atoms. The number of amides is 2. The molecule has 1 aromatic rings. The van der Waals surface area contributed by atoms with E-state index in [0.29, 0.717) is 11.4 Å². The lowest BCUT2D eigenvalue weighted by molar-refractivity contribution is -0.136. The molecule has 0 unspecified atom stereocenters. The minimum atomic E-state index is -0.926. The highest BCUT2D eigenvalue weighted by atomic mass is 16.4. The van der Waals surface area contributed by atoms with Crippen molar-refractivity contribution in [3.05, 3.63) is 24.0 Å². The first-order valence-electron chi connectivity index (χ1n) is 6.73. The summed E-state index contributed by atoms with van der Waals surface area (Å²) >= 11 is 0. The van der Waals surface area contributed by atoms with Crippen molar-refractivity contribution in [3.8, 4) is 0 Å². The number of hydrogen-bond acceptors (Lipinski definition) is 3. The van der Waals surface area contributed by atoms with Gasteiger partial charge in [-0.15, -0.1) is 0 Å². The van der Waals surface area contributed by atoms with Crippen LogP contribution in [-0.4, -0.2) is 27.6 Å². The molecule has 2 rings (SSSR count). The maximum Gasteiger partial charge on any atom is 0.319 e. The first-order valence-corrected chi connectivity index (χ1v) is 6.73. The lowest BCUT2D eigenvalue weighted by atomic mass is 10.0. The van der Waals surface area contributed by atoms with Gasteiger partial charge in [0.25, 0.3) is 0 Å². The number of carbonyl (C=O) groups excluding carboxylic acids is 1. The highest BCUT2D eigenvalue weighted by molar-refractivity contribution is 5.89. The molecule has 108 valence electrons. The fraction of sp³-hybridized carbons (Fsp3) is 0.500. The Morgan fingerprint density at radius 2 is 2.05 bits per heavy atom. The van der Waals surface area contributed by atoms with Gasteiger partial charge in [0.1, 0.15) is 0 Å². The maximum absolute atomic E-state index is 11.9. The predicted molar refractivity (Wildman–Crippen MR) is 74.6 cm³/mol. The molecular formula is C14H19N3O3. The van der Waals surface area contributed by atoms with Crippen LogP contribution in [0.4, 0.5) is 10.5 Å². The average Bonchev–Trinajstić information content (AvgIpc) is 2.77. The van der Waals surface area contributed by atoms with Crippen LogP contribution in [0.5, 0.6) is 0 Å². The van der Waals surface area contributed by atoms with Gasteiger partial charge in [-0.25, -0.2) is 4.79 Å². The van der Waals surface area contributed by atoms with Gasteiger partial charge < -0.3 is 15.7 Å². The molecule has 0 aromatic carbocycles. The smallest absolute Gasteiger partial charge is 0.319 e. The summed E-state index contributed by atoms with van der Waals surface area (Å²) < 4.78 is 0. The number of carboxylic acids is 1. The van der Waals surface area contributed by atoms with Gasteiger partial charge in [-0.2, -0.15) is 0 Å². The third-order valence-corrected chi connectivity index (χ3v) is 3.54. The first-order chi connectivity index (χ1) is 9.47. The van der Waals surface area contributed by atoms with Crippen LogP contribution in [0.25, 0.3) is 0 Å². The second kappa shape index (κ2) is 5.90. The van der Waals surface area contributed by atoms with Gasteiger partial charge in [0, 0.05) is 5.54 Å². The summed E-state index contributed by atoms with van der Waals surface area (Å²) in [5, 5.41) is 14.3. The van der Waals surface area contributed by atoms with Crippen molar-refractivity contribution >= 4 is 17.7 Å². The van der Waals surface area contributed by atoms with Crippen LogP contribution in [0.1, 0.15) is 38.3 Å². The zero-order valence-corrected chi connectivity index (χ0v) is 11.5. The second-order valence-electron chi connectivity index (χ2n) is 5.46. The van der Waals surface area contributed by atoms with Gasteiger partial charge in [0.2, 0.25) is 0 Å². The van der Waals surface area contributed by atoms with Gasteiger partial charge in [0.05, 0.1) is 24.0 Å². The number of nitrogens with one attached hydrogen (secondary N) is 2. The van der Waals surface area contributed by atoms with E-state index in [2.05, 4.69) is 15.6 Å². The van der Waals surface area contributed by atoms with Crippen molar-refractivity contribution in [2.45, 2.75) is 44.6 Å². The summed E-state index contributed by atoms with van der Waals surface area (Å²) in [5.41, 5.74) is 0.894. The van der Waals surface area contributed by atoms with Gasteiger partial charge in [-0.05, 0) is 31.9 Å². The number of nitrogens with zero attached hydrogens (tertiary/aromatic N) is 1. The number of rotatable bonds is 4. The third-order valence-electron chi connectivity index (χ3n) is 3.54. The van der Waals surface area contributed by atoms with Crippen LogP contribution in [0.15, 0.2) is 18.3 Å². The van der Waals surface area contributed by atoms with Crippen LogP contribution < -0.4 is 10.6 Å². The molecule has 1 aliphatic carbocycles. The number of hydrogen-bond donors (Lipinski definition) is 3. The van der Waals surface area contributed by atoms with E-state index in [9.17, 15) is 9.59 Å². The normalized spacial score (nSPS) is 16.6. The van der Waals surface area contributed by atoms with E-state index in [1.54, 1.807) is 12.1 Å². The lowest BCUT2D eigenvalue weighted by Gasteiger charge is -2.25. The van der Waals surface area contributed by atoms with E-state index in [1.807, 2.05) is 6.92 Å². The standard InChI is InChI=1S/C14H19N3O3/c1-14(6-2-3-7-14)17-13(20)16-11-5-4-10(15-9-11)8-12(18)19/h4-5,9H,2-3,6-8H2,1H3,(H,18,19)(H2,16,17,20). The summed E-state index contributed by atoms with van der Waals surface area (Å²) in [4.78, 5) is 26.4. The van der Waals surface area contributed by atoms with Crippen LogP contribution in [0.3, 0.4) is 0 Å². The van der Waals surface area contributed by atoms with Crippen molar-refractivity contribution in [1.29, 1.82) is 0 Å². The molecular weight excluding hydrogens is 258 g/mol. The first kappa shape index (κ1) is 14.3. The lowest BCUT2D eigenvalue weighted by Crippen LogP contribution is -2.45. The van der Waals surface area contributed by atoms with E-state index >= 15 is 0 Å². The molecule has 0 radical (unpaired) electrons. The monoisotopic (exact) mass is 277 g/mol. The Labute approximate surface area is 117 Å². The molecule has 0 aliphatic heterocycles. The molecule has 1 saturated carbocycles. The fourth-order valence-electron chi connectivity index (χ4n) is 2.47. The molecule has 20 heavy (non-hydrogen) atoms. The molecule has 1 fully saturated rings.